The van der Waals surface area contributed by atoms with Gasteiger partial charge in [-0.15, -0.1) is 0 Å². The largest absolute Gasteiger partial charge is 0.370 e. The Labute approximate surface area is 87.8 Å². The Morgan fingerprint density at radius 3 is 2.53 bits per heavy atom. The molecule has 6 nitrogen and oxygen atoms in total. The van der Waals surface area contributed by atoms with E-state index in [4.69, 9.17) is 11.5 Å². The maximum absolute atomic E-state index is 10.4. The standard InChI is InChI=1S/C8H10N4O2.CH4/c1-5-2-3-6(12(13)14)4-7(5)11-8(9)10;/h2-4H,1H3,(H4,9,10,11);1H4. The number of non-ortho nitro benzene ring substituents is 1. The number of guanidine groups is 1. The third-order valence-electron chi connectivity index (χ3n) is 1.65. The number of nitro benzene ring substituents is 1. The van der Waals surface area contributed by atoms with Gasteiger partial charge in [-0.3, -0.25) is 10.1 Å². The van der Waals surface area contributed by atoms with Gasteiger partial charge >= 0.3 is 0 Å². The van der Waals surface area contributed by atoms with E-state index in [1.807, 2.05) is 0 Å². The van der Waals surface area contributed by atoms with Crippen LogP contribution >= 0.6 is 0 Å². The Bertz CT molecular complexity index is 397. The van der Waals surface area contributed by atoms with Crippen LogP contribution in [0.3, 0.4) is 0 Å². The van der Waals surface area contributed by atoms with Crippen LogP contribution in [0.2, 0.25) is 0 Å². The molecule has 82 valence electrons. The Morgan fingerprint density at radius 1 is 1.47 bits per heavy atom. The van der Waals surface area contributed by atoms with Crippen molar-refractivity contribution in [2.45, 2.75) is 14.4 Å². The lowest BCUT2D eigenvalue weighted by molar-refractivity contribution is -0.384. The first-order chi connectivity index (χ1) is 6.50. The van der Waals surface area contributed by atoms with Crippen LogP contribution in [-0.4, -0.2) is 10.9 Å². The van der Waals surface area contributed by atoms with Gasteiger partial charge in [-0.25, -0.2) is 4.99 Å². The van der Waals surface area contributed by atoms with Crippen LogP contribution in [0.1, 0.15) is 13.0 Å². The monoisotopic (exact) mass is 210 g/mol. The minimum absolute atomic E-state index is 0. The lowest BCUT2D eigenvalue weighted by atomic mass is 10.2. The highest BCUT2D eigenvalue weighted by Crippen LogP contribution is 2.23. The molecule has 15 heavy (non-hydrogen) atoms. The van der Waals surface area contributed by atoms with Crippen molar-refractivity contribution >= 4 is 17.3 Å². The van der Waals surface area contributed by atoms with Crippen molar-refractivity contribution in [1.82, 2.24) is 0 Å². The second-order valence-corrected chi connectivity index (χ2v) is 2.76. The van der Waals surface area contributed by atoms with Crippen molar-refractivity contribution in [2.24, 2.45) is 16.5 Å². The van der Waals surface area contributed by atoms with Crippen molar-refractivity contribution in [1.29, 1.82) is 0 Å². The molecule has 0 aromatic heterocycles. The SMILES string of the molecule is C.Cc1ccc([N+](=O)[O-])cc1N=C(N)N. The van der Waals surface area contributed by atoms with Gasteiger partial charge in [0.05, 0.1) is 10.6 Å². The summed E-state index contributed by atoms with van der Waals surface area (Å²) in [5.74, 6) is -0.117. The summed E-state index contributed by atoms with van der Waals surface area (Å²) < 4.78 is 0. The number of benzene rings is 1. The first-order valence-electron chi connectivity index (χ1n) is 3.85. The van der Waals surface area contributed by atoms with Gasteiger partial charge < -0.3 is 11.5 Å². The zero-order chi connectivity index (χ0) is 10.7. The maximum atomic E-state index is 10.4. The number of nitrogens with zero attached hydrogens (tertiary/aromatic N) is 2. The van der Waals surface area contributed by atoms with Gasteiger partial charge in [0.1, 0.15) is 0 Å². The molecule has 0 radical (unpaired) electrons. The van der Waals surface area contributed by atoms with Crippen molar-refractivity contribution in [3.63, 3.8) is 0 Å². The molecule has 0 atom stereocenters. The number of aliphatic imine (C=N–C) groups is 1. The molecule has 4 N–H and O–H groups in total. The van der Waals surface area contributed by atoms with Crippen molar-refractivity contribution in [3.8, 4) is 0 Å². The fraction of sp³-hybridized carbons (Fsp3) is 0.222. The van der Waals surface area contributed by atoms with Crippen molar-refractivity contribution < 1.29 is 4.92 Å². The second-order valence-electron chi connectivity index (χ2n) is 2.76. The molecule has 0 spiro atoms. The summed E-state index contributed by atoms with van der Waals surface area (Å²) in [6, 6.07) is 4.33. The summed E-state index contributed by atoms with van der Waals surface area (Å²) in [6.45, 7) is 1.77. The lowest BCUT2D eigenvalue weighted by Gasteiger charge is -1.99. The van der Waals surface area contributed by atoms with E-state index in [1.165, 1.54) is 12.1 Å². The molecule has 0 amide bonds. The number of hydrogen-bond acceptors (Lipinski definition) is 3. The van der Waals surface area contributed by atoms with Crippen LogP contribution in [0.4, 0.5) is 11.4 Å². The van der Waals surface area contributed by atoms with Crippen LogP contribution < -0.4 is 11.5 Å². The Hall–Kier alpha value is -2.11. The van der Waals surface area contributed by atoms with E-state index < -0.39 is 4.92 Å². The fourth-order valence-electron chi connectivity index (χ4n) is 0.971. The lowest BCUT2D eigenvalue weighted by Crippen LogP contribution is -2.22. The molecular formula is C9H14N4O2. The van der Waals surface area contributed by atoms with Crippen LogP contribution in [0, 0.1) is 17.0 Å². The quantitative estimate of drug-likeness (QED) is 0.333. The molecule has 0 bridgehead atoms. The van der Waals surface area contributed by atoms with Gasteiger partial charge in [0, 0.05) is 12.1 Å². The predicted molar refractivity (Wildman–Crippen MR) is 60.0 cm³/mol. The minimum Gasteiger partial charge on any atom is -0.370 e. The zero-order valence-corrected chi connectivity index (χ0v) is 7.60. The highest BCUT2D eigenvalue weighted by molar-refractivity contribution is 5.79. The van der Waals surface area contributed by atoms with Gasteiger partial charge in [-0.2, -0.15) is 0 Å². The Balaban J connectivity index is 0.00000196. The topological polar surface area (TPSA) is 108 Å². The Kier molecular flexibility index (Phi) is 4.25. The average molecular weight is 210 g/mol. The molecule has 0 aliphatic rings. The summed E-state index contributed by atoms with van der Waals surface area (Å²) in [5, 5.41) is 10.4. The van der Waals surface area contributed by atoms with E-state index in [9.17, 15) is 10.1 Å². The van der Waals surface area contributed by atoms with Crippen molar-refractivity contribution in [2.75, 3.05) is 0 Å². The summed E-state index contributed by atoms with van der Waals surface area (Å²) in [5.41, 5.74) is 11.5. The number of hydrogen-bond donors (Lipinski definition) is 2. The van der Waals surface area contributed by atoms with Gasteiger partial charge in [-0.1, -0.05) is 13.5 Å². The van der Waals surface area contributed by atoms with Gasteiger partial charge in [0.15, 0.2) is 5.96 Å². The van der Waals surface area contributed by atoms with E-state index >= 15 is 0 Å². The van der Waals surface area contributed by atoms with Crippen molar-refractivity contribution in [3.05, 3.63) is 33.9 Å². The second kappa shape index (κ2) is 4.94. The van der Waals surface area contributed by atoms with Crippen LogP contribution in [0.15, 0.2) is 23.2 Å². The maximum Gasteiger partial charge on any atom is 0.271 e. The molecule has 0 fully saturated rings. The van der Waals surface area contributed by atoms with E-state index in [2.05, 4.69) is 4.99 Å². The molecule has 1 aromatic rings. The molecular weight excluding hydrogens is 196 g/mol. The molecule has 0 aliphatic carbocycles. The molecule has 0 aliphatic heterocycles. The highest BCUT2D eigenvalue weighted by Gasteiger charge is 2.07. The van der Waals surface area contributed by atoms with Gasteiger partial charge in [-0.05, 0) is 12.5 Å². The number of rotatable bonds is 2. The molecule has 0 unspecified atom stereocenters. The predicted octanol–water partition coefficient (Wildman–Crippen LogP) is 1.44. The molecule has 0 saturated carbocycles. The van der Waals surface area contributed by atoms with Gasteiger partial charge in [0.2, 0.25) is 0 Å². The third kappa shape index (κ3) is 3.26. The number of aryl methyl sites for hydroxylation is 1. The Morgan fingerprint density at radius 2 is 2.07 bits per heavy atom. The van der Waals surface area contributed by atoms with Crippen LogP contribution in [0.25, 0.3) is 0 Å². The first-order valence-corrected chi connectivity index (χ1v) is 3.85. The summed E-state index contributed by atoms with van der Waals surface area (Å²) in [7, 11) is 0. The van der Waals surface area contributed by atoms with E-state index in [0.29, 0.717) is 5.69 Å². The summed E-state index contributed by atoms with van der Waals surface area (Å²) in [4.78, 5) is 13.7. The molecule has 0 heterocycles. The van der Waals surface area contributed by atoms with Gasteiger partial charge in [0.25, 0.3) is 5.69 Å². The van der Waals surface area contributed by atoms with Crippen LogP contribution in [-0.2, 0) is 0 Å². The number of nitrogens with two attached hydrogens (primary N) is 2. The first kappa shape index (κ1) is 12.9. The molecule has 0 saturated heterocycles. The minimum atomic E-state index is -0.495. The smallest absolute Gasteiger partial charge is 0.271 e. The normalized spacial score (nSPS) is 8.87. The highest BCUT2D eigenvalue weighted by atomic mass is 16.6. The fourth-order valence-corrected chi connectivity index (χ4v) is 0.971. The van der Waals surface area contributed by atoms with Crippen LogP contribution in [0.5, 0.6) is 0 Å². The summed E-state index contributed by atoms with van der Waals surface area (Å²) in [6.07, 6.45) is 0. The zero-order valence-electron chi connectivity index (χ0n) is 7.60. The van der Waals surface area contributed by atoms with E-state index in [0.717, 1.165) is 5.56 Å². The molecule has 1 rings (SSSR count). The molecule has 6 heteroatoms. The summed E-state index contributed by atoms with van der Waals surface area (Å²) >= 11 is 0. The number of nitro groups is 1. The van der Waals surface area contributed by atoms with E-state index in [1.54, 1.807) is 13.0 Å². The average Bonchev–Trinajstić information content (AvgIpc) is 2.07. The van der Waals surface area contributed by atoms with E-state index in [-0.39, 0.29) is 19.1 Å². The third-order valence-corrected chi connectivity index (χ3v) is 1.65. The molecule has 1 aromatic carbocycles.